The Balaban J connectivity index is 1.30. The number of Topliss-reactive ketones (excluding diaryl/α,β-unsaturated/α-hetero) is 1. The Morgan fingerprint density at radius 2 is 1.56 bits per heavy atom. The largest absolute Gasteiger partial charge is 0.497 e. The zero-order chi connectivity index (χ0) is 22.1. The van der Waals surface area contributed by atoms with Crippen LogP contribution < -0.4 is 9.64 Å². The van der Waals surface area contributed by atoms with Crippen molar-refractivity contribution >= 4 is 29.0 Å². The van der Waals surface area contributed by atoms with Gasteiger partial charge in [-0.1, -0.05) is 5.16 Å². The zero-order valence-electron chi connectivity index (χ0n) is 17.4. The van der Waals surface area contributed by atoms with Gasteiger partial charge in [0.25, 0.3) is 0 Å². The maximum atomic E-state index is 13.4. The van der Waals surface area contributed by atoms with E-state index in [0.717, 1.165) is 17.0 Å². The van der Waals surface area contributed by atoms with Crippen LogP contribution in [0.25, 0.3) is 0 Å². The molecule has 0 saturated carbocycles. The Hall–Kier alpha value is -3.52. The number of oxime groups is 1. The number of hydrogen-bond donors (Lipinski definition) is 0. The number of nitrogens with zero attached hydrogens (tertiary/aromatic N) is 2. The first-order chi connectivity index (χ1) is 15.5. The molecule has 4 aliphatic rings. The minimum absolute atomic E-state index is 0.0748. The van der Waals surface area contributed by atoms with Gasteiger partial charge in [-0.3, -0.25) is 14.4 Å². The lowest BCUT2D eigenvalue weighted by atomic mass is 9.71. The number of ketones is 1. The van der Waals surface area contributed by atoms with Crippen LogP contribution in [0.2, 0.25) is 0 Å². The van der Waals surface area contributed by atoms with Crippen LogP contribution in [0.3, 0.4) is 0 Å². The molecule has 3 saturated heterocycles. The molecule has 2 bridgehead atoms. The van der Waals surface area contributed by atoms with Gasteiger partial charge >= 0.3 is 0 Å². The Kier molecular flexibility index (Phi) is 4.04. The summed E-state index contributed by atoms with van der Waals surface area (Å²) in [5.41, 5.74) is 2.60. The van der Waals surface area contributed by atoms with Gasteiger partial charge in [0, 0.05) is 11.1 Å². The van der Waals surface area contributed by atoms with E-state index in [9.17, 15) is 14.4 Å². The van der Waals surface area contributed by atoms with Crippen LogP contribution in [0.15, 0.2) is 53.7 Å². The number of amides is 2. The number of carbonyl (C=O) groups is 3. The molecule has 32 heavy (non-hydrogen) atoms. The highest BCUT2D eigenvalue weighted by molar-refractivity contribution is 6.23. The third-order valence-electron chi connectivity index (χ3n) is 6.96. The van der Waals surface area contributed by atoms with E-state index in [-0.39, 0.29) is 23.5 Å². The number of carbonyl (C=O) groups excluding carboxylic acids is 3. The van der Waals surface area contributed by atoms with Crippen molar-refractivity contribution in [2.24, 2.45) is 22.9 Å². The molecule has 4 heterocycles. The van der Waals surface area contributed by atoms with Gasteiger partial charge in [-0.25, -0.2) is 4.90 Å². The van der Waals surface area contributed by atoms with Crippen LogP contribution in [0, 0.1) is 17.8 Å². The van der Waals surface area contributed by atoms with Crippen LogP contribution >= 0.6 is 0 Å². The molecule has 162 valence electrons. The first-order valence-electron chi connectivity index (χ1n) is 10.5. The van der Waals surface area contributed by atoms with Crippen molar-refractivity contribution in [1.29, 1.82) is 0 Å². The zero-order valence-corrected chi connectivity index (χ0v) is 17.4. The lowest BCUT2D eigenvalue weighted by Crippen LogP contribution is -2.45. The van der Waals surface area contributed by atoms with Crippen molar-refractivity contribution in [2.45, 2.75) is 25.2 Å². The van der Waals surface area contributed by atoms with Crippen LogP contribution in [-0.2, 0) is 19.2 Å². The second-order valence-corrected chi connectivity index (χ2v) is 8.53. The Morgan fingerprint density at radius 3 is 2.19 bits per heavy atom. The lowest BCUT2D eigenvalue weighted by molar-refractivity contribution is -0.125. The van der Waals surface area contributed by atoms with Gasteiger partial charge in [0.1, 0.15) is 11.9 Å². The molecule has 0 N–H and O–H groups in total. The number of methoxy groups -OCH3 is 1. The molecule has 2 aromatic rings. The molecule has 8 nitrogen and oxygen atoms in total. The molecular formula is C24H20N2O6. The summed E-state index contributed by atoms with van der Waals surface area (Å²) in [5.74, 6) is -1.29. The van der Waals surface area contributed by atoms with E-state index in [4.69, 9.17) is 14.3 Å². The van der Waals surface area contributed by atoms with Crippen molar-refractivity contribution in [3.05, 3.63) is 59.7 Å². The standard InChI is InChI=1S/C24H20N2O6/c1-11(27)12-3-7-14(8-4-12)26-23(28)16-17(24(26)29)21-22-18(20(16)31-21)19(25-32-22)13-5-9-15(30-2)10-6-13/h3-10,16-18,20-22H,1-2H3/t16-,17+,18-,20+,21-,22-/m0/s1. The van der Waals surface area contributed by atoms with E-state index < -0.39 is 30.1 Å². The molecule has 0 aliphatic carbocycles. The highest BCUT2D eigenvalue weighted by atomic mass is 16.7. The maximum Gasteiger partial charge on any atom is 0.240 e. The topological polar surface area (TPSA) is 94.5 Å². The van der Waals surface area contributed by atoms with Gasteiger partial charge < -0.3 is 14.3 Å². The van der Waals surface area contributed by atoms with Gasteiger partial charge in [0.2, 0.25) is 11.8 Å². The van der Waals surface area contributed by atoms with Crippen LogP contribution in [-0.4, -0.2) is 48.7 Å². The molecular weight excluding hydrogens is 412 g/mol. The smallest absolute Gasteiger partial charge is 0.240 e. The van der Waals surface area contributed by atoms with Crippen molar-refractivity contribution in [1.82, 2.24) is 0 Å². The summed E-state index contributed by atoms with van der Waals surface area (Å²) in [7, 11) is 1.60. The summed E-state index contributed by atoms with van der Waals surface area (Å²) >= 11 is 0. The summed E-state index contributed by atoms with van der Waals surface area (Å²) in [6.45, 7) is 1.47. The fourth-order valence-corrected chi connectivity index (χ4v) is 5.46. The quantitative estimate of drug-likeness (QED) is 0.543. The second-order valence-electron chi connectivity index (χ2n) is 8.53. The number of benzene rings is 2. The SMILES string of the molecule is COc1ccc(C2=NO[C@@H]3[C@H]4O[C@@H]([C@H]23)[C@H]2C(=O)N(c3ccc(C(C)=O)cc3)C(=O)[C@@H]42)cc1. The molecule has 0 aromatic heterocycles. The molecule has 0 radical (unpaired) electrons. The molecule has 2 aromatic carbocycles. The van der Waals surface area contributed by atoms with Crippen LogP contribution in [0.4, 0.5) is 5.69 Å². The number of rotatable bonds is 4. The highest BCUT2D eigenvalue weighted by Crippen LogP contribution is 2.55. The monoisotopic (exact) mass is 432 g/mol. The molecule has 6 atom stereocenters. The van der Waals surface area contributed by atoms with E-state index >= 15 is 0 Å². The first kappa shape index (κ1) is 19.2. The predicted octanol–water partition coefficient (Wildman–Crippen LogP) is 2.20. The summed E-state index contributed by atoms with van der Waals surface area (Å²) < 4.78 is 11.4. The van der Waals surface area contributed by atoms with Crippen molar-refractivity contribution in [3.8, 4) is 5.75 Å². The van der Waals surface area contributed by atoms with Gasteiger partial charge in [0.05, 0.1) is 42.4 Å². The van der Waals surface area contributed by atoms with E-state index in [1.165, 1.54) is 11.8 Å². The summed E-state index contributed by atoms with van der Waals surface area (Å²) in [4.78, 5) is 45.2. The summed E-state index contributed by atoms with van der Waals surface area (Å²) in [6, 6.07) is 14.0. The van der Waals surface area contributed by atoms with E-state index in [2.05, 4.69) is 5.16 Å². The van der Waals surface area contributed by atoms with E-state index in [0.29, 0.717) is 11.3 Å². The van der Waals surface area contributed by atoms with Crippen molar-refractivity contribution < 1.29 is 28.7 Å². The van der Waals surface area contributed by atoms with Crippen molar-refractivity contribution in [3.63, 3.8) is 0 Å². The number of hydrogen-bond acceptors (Lipinski definition) is 7. The van der Waals surface area contributed by atoms with Gasteiger partial charge in [-0.15, -0.1) is 0 Å². The Labute approximate surface area is 183 Å². The number of ether oxygens (including phenoxy) is 2. The number of imide groups is 1. The first-order valence-corrected chi connectivity index (χ1v) is 10.5. The Morgan fingerprint density at radius 1 is 0.906 bits per heavy atom. The van der Waals surface area contributed by atoms with Gasteiger partial charge in [-0.05, 0) is 55.5 Å². The average Bonchev–Trinajstić information content (AvgIpc) is 3.54. The second kappa shape index (κ2) is 6.74. The normalized spacial score (nSPS) is 31.9. The van der Waals surface area contributed by atoms with Crippen molar-refractivity contribution in [2.75, 3.05) is 12.0 Å². The van der Waals surface area contributed by atoms with Crippen LogP contribution in [0.5, 0.6) is 5.75 Å². The minimum Gasteiger partial charge on any atom is -0.497 e. The fourth-order valence-electron chi connectivity index (χ4n) is 5.46. The lowest BCUT2D eigenvalue weighted by Gasteiger charge is -2.26. The summed E-state index contributed by atoms with van der Waals surface area (Å²) in [6.07, 6.45) is -1.39. The van der Waals surface area contributed by atoms with Gasteiger partial charge in [-0.2, -0.15) is 0 Å². The fraction of sp³-hybridized carbons (Fsp3) is 0.333. The molecule has 0 spiro atoms. The molecule has 8 heteroatoms. The number of anilines is 1. The maximum absolute atomic E-state index is 13.4. The van der Waals surface area contributed by atoms with E-state index in [1.54, 1.807) is 31.4 Å². The molecule has 3 fully saturated rings. The molecule has 4 aliphatic heterocycles. The third-order valence-corrected chi connectivity index (χ3v) is 6.96. The Bertz CT molecular complexity index is 1170. The van der Waals surface area contributed by atoms with E-state index in [1.807, 2.05) is 24.3 Å². The van der Waals surface area contributed by atoms with Crippen LogP contribution in [0.1, 0.15) is 22.8 Å². The third kappa shape index (κ3) is 2.47. The minimum atomic E-state index is -0.591. The molecule has 2 amide bonds. The molecule has 6 rings (SSSR count). The highest BCUT2D eigenvalue weighted by Gasteiger charge is 2.72. The predicted molar refractivity (Wildman–Crippen MR) is 112 cm³/mol. The molecule has 0 unspecified atom stereocenters. The number of fused-ring (bicyclic) bond motifs is 8. The van der Waals surface area contributed by atoms with Gasteiger partial charge in [0.15, 0.2) is 11.9 Å². The average molecular weight is 432 g/mol. The summed E-state index contributed by atoms with van der Waals surface area (Å²) in [5, 5.41) is 4.30.